The van der Waals surface area contributed by atoms with Crippen molar-refractivity contribution < 1.29 is 31.5 Å². The monoisotopic (exact) mass is 729 g/mol. The first-order valence-corrected chi connectivity index (χ1v) is 17.1. The Morgan fingerprint density at radius 2 is 1.77 bits per heavy atom. The average Bonchev–Trinajstić information content (AvgIpc) is 3.46. The highest BCUT2D eigenvalue weighted by molar-refractivity contribution is 5.97. The maximum Gasteiger partial charge on any atom is 0.419 e. The molecule has 9 nitrogen and oxygen atoms in total. The van der Waals surface area contributed by atoms with Crippen LogP contribution in [0.25, 0.3) is 17.0 Å². The van der Waals surface area contributed by atoms with E-state index in [0.29, 0.717) is 42.4 Å². The van der Waals surface area contributed by atoms with Gasteiger partial charge in [0, 0.05) is 31.1 Å². The molecule has 14 heteroatoms. The molecule has 0 fully saturated rings. The molecule has 2 heterocycles. The van der Waals surface area contributed by atoms with E-state index in [1.807, 2.05) is 19.9 Å². The minimum atomic E-state index is -4.85. The highest BCUT2D eigenvalue weighted by Crippen LogP contribution is 2.32. The van der Waals surface area contributed by atoms with E-state index in [2.05, 4.69) is 60.0 Å². The summed E-state index contributed by atoms with van der Waals surface area (Å²) in [5, 5.41) is 13.3. The molecule has 2 amide bonds. The summed E-state index contributed by atoms with van der Waals surface area (Å²) in [4.78, 5) is 28.2. The second kappa shape index (κ2) is 18.5. The van der Waals surface area contributed by atoms with Gasteiger partial charge in [0.15, 0.2) is 11.5 Å². The molecule has 5 N–H and O–H groups in total. The van der Waals surface area contributed by atoms with Gasteiger partial charge in [-0.05, 0) is 68.2 Å². The zero-order valence-corrected chi connectivity index (χ0v) is 30.3. The first kappa shape index (κ1) is 41.4. The van der Waals surface area contributed by atoms with E-state index in [0.717, 1.165) is 36.6 Å². The highest BCUT2D eigenvalue weighted by Gasteiger charge is 2.34. The highest BCUT2D eigenvalue weighted by atomic mass is 19.4. The van der Waals surface area contributed by atoms with Crippen molar-refractivity contribution in [2.75, 3.05) is 6.54 Å². The molecular weight excluding hydrogens is 681 g/mol. The number of halogens is 5. The number of carbonyl (C=O) groups is 2. The molecular formula is C38H48F5N7O2. The van der Waals surface area contributed by atoms with Crippen LogP contribution in [-0.2, 0) is 22.3 Å². The zero-order chi connectivity index (χ0) is 38.7. The Kier molecular flexibility index (Phi) is 14.7. The van der Waals surface area contributed by atoms with Gasteiger partial charge in [0.05, 0.1) is 34.5 Å². The zero-order valence-electron chi connectivity index (χ0n) is 30.3. The smallest absolute Gasteiger partial charge is 0.380 e. The summed E-state index contributed by atoms with van der Waals surface area (Å²) < 4.78 is 69.3. The maximum atomic E-state index is 14.8. The molecule has 4 rings (SSSR count). The van der Waals surface area contributed by atoms with Crippen LogP contribution >= 0.6 is 0 Å². The predicted octanol–water partition coefficient (Wildman–Crippen LogP) is 7.45. The minimum Gasteiger partial charge on any atom is -0.380 e. The summed E-state index contributed by atoms with van der Waals surface area (Å²) in [6, 6.07) is 4.14. The molecule has 0 bridgehead atoms. The number of fused-ring (bicyclic) bond motifs is 1. The number of aromatic nitrogens is 3. The molecule has 0 radical (unpaired) electrons. The number of amides is 2. The summed E-state index contributed by atoms with van der Waals surface area (Å²) in [5.41, 5.74) is 6.51. The Morgan fingerprint density at radius 3 is 2.42 bits per heavy atom. The van der Waals surface area contributed by atoms with Gasteiger partial charge in [0.2, 0.25) is 5.91 Å². The molecule has 2 aromatic heterocycles. The van der Waals surface area contributed by atoms with Crippen LogP contribution in [-0.4, -0.2) is 39.0 Å². The summed E-state index contributed by atoms with van der Waals surface area (Å²) in [6.45, 7) is 18.7. The molecule has 3 aromatic rings. The summed E-state index contributed by atoms with van der Waals surface area (Å²) >= 11 is 0. The molecule has 1 aliphatic rings. The maximum absolute atomic E-state index is 14.8. The van der Waals surface area contributed by atoms with Gasteiger partial charge in [-0.3, -0.25) is 9.59 Å². The number of nitrogens with one attached hydrogen (secondary N) is 3. The van der Waals surface area contributed by atoms with Gasteiger partial charge in [-0.15, -0.1) is 0 Å². The lowest BCUT2D eigenvalue weighted by atomic mass is 9.95. The van der Waals surface area contributed by atoms with Crippen molar-refractivity contribution in [2.24, 2.45) is 17.6 Å². The van der Waals surface area contributed by atoms with Gasteiger partial charge in [-0.1, -0.05) is 64.6 Å². The topological polar surface area (TPSA) is 126 Å². The molecule has 0 saturated carbocycles. The van der Waals surface area contributed by atoms with Gasteiger partial charge < -0.3 is 21.7 Å². The molecule has 2 unspecified atom stereocenters. The molecule has 2 atom stereocenters. The minimum absolute atomic E-state index is 0.0644. The van der Waals surface area contributed by atoms with Gasteiger partial charge in [-0.25, -0.2) is 18.3 Å². The number of carbonyl (C=O) groups excluding carboxylic acids is 2. The van der Waals surface area contributed by atoms with E-state index in [1.165, 1.54) is 10.6 Å². The molecule has 282 valence electrons. The van der Waals surface area contributed by atoms with Crippen molar-refractivity contribution in [3.05, 3.63) is 101 Å². The first-order valence-electron chi connectivity index (χ1n) is 17.1. The lowest BCUT2D eigenvalue weighted by Crippen LogP contribution is -2.33. The number of rotatable bonds is 12. The van der Waals surface area contributed by atoms with Gasteiger partial charge in [-0.2, -0.15) is 18.3 Å². The lowest BCUT2D eigenvalue weighted by Gasteiger charge is -2.25. The fraction of sp³-hybridized carbons (Fsp3) is 0.421. The third-order valence-corrected chi connectivity index (χ3v) is 8.11. The van der Waals surface area contributed by atoms with Crippen LogP contribution in [0.4, 0.5) is 22.0 Å². The second-order valence-corrected chi connectivity index (χ2v) is 13.5. The van der Waals surface area contributed by atoms with Gasteiger partial charge in [0.25, 0.3) is 5.91 Å². The van der Waals surface area contributed by atoms with E-state index >= 15 is 0 Å². The van der Waals surface area contributed by atoms with Crippen LogP contribution < -0.4 is 21.7 Å². The normalized spacial score (nSPS) is 18.4. The quantitative estimate of drug-likeness (QED) is 0.113. The molecule has 52 heavy (non-hydrogen) atoms. The largest absolute Gasteiger partial charge is 0.419 e. The molecule has 1 aliphatic carbocycles. The Labute approximate surface area is 301 Å². The van der Waals surface area contributed by atoms with E-state index in [-0.39, 0.29) is 53.4 Å². The molecule has 0 saturated heterocycles. The Bertz CT molecular complexity index is 1820. The van der Waals surface area contributed by atoms with E-state index < -0.39 is 29.3 Å². The van der Waals surface area contributed by atoms with Crippen LogP contribution in [0.15, 0.2) is 66.9 Å². The first-order chi connectivity index (χ1) is 24.4. The number of benzene rings is 1. The number of hydrogen-bond acceptors (Lipinski definition) is 6. The van der Waals surface area contributed by atoms with Crippen molar-refractivity contribution in [1.82, 2.24) is 30.5 Å². The standard InChI is InChI=1S/C34H38F5N7O2.C4H10/c1-19-7-5-8-28(20(2)10-12-24(19)33(48)41-14-6-9-31(40)47)44-22(4)30-16-29(45-32-27(36)18-43-46(30)32)21(3)42-17-23-11-13-26(35)25(15-23)34(37,38)39;1-4(2)3/h10-13,15-16,18,20,28,42,44H,3-9,14,17H2,1-2H3,(H2,40,47)(H,41,48);4H,1-3H3/b12-10-,24-19+;. The molecule has 0 aliphatic heterocycles. The number of primary amides is 1. The van der Waals surface area contributed by atoms with Crippen molar-refractivity contribution in [3.63, 3.8) is 0 Å². The Hall–Kier alpha value is -5.01. The van der Waals surface area contributed by atoms with Gasteiger partial charge in [0.1, 0.15) is 5.82 Å². The lowest BCUT2D eigenvalue weighted by molar-refractivity contribution is -0.140. The summed E-state index contributed by atoms with van der Waals surface area (Å²) in [7, 11) is 0. The summed E-state index contributed by atoms with van der Waals surface area (Å²) in [6.07, 6.45) is 2.67. The third-order valence-electron chi connectivity index (χ3n) is 8.11. The Balaban J connectivity index is 0.00000173. The van der Waals surface area contributed by atoms with Crippen molar-refractivity contribution in [3.8, 4) is 0 Å². The molecule has 1 aromatic carbocycles. The van der Waals surface area contributed by atoms with E-state index in [1.54, 1.807) is 12.1 Å². The number of nitrogens with zero attached hydrogens (tertiary/aromatic N) is 3. The van der Waals surface area contributed by atoms with Crippen molar-refractivity contribution >= 4 is 28.9 Å². The molecule has 0 spiro atoms. The second-order valence-electron chi connectivity index (χ2n) is 13.5. The third kappa shape index (κ3) is 11.8. The number of alkyl halides is 3. The Morgan fingerprint density at radius 1 is 1.08 bits per heavy atom. The van der Waals surface area contributed by atoms with E-state index in [9.17, 15) is 31.5 Å². The summed E-state index contributed by atoms with van der Waals surface area (Å²) in [5.74, 6) is -1.96. The predicted molar refractivity (Wildman–Crippen MR) is 193 cm³/mol. The van der Waals surface area contributed by atoms with Crippen LogP contribution in [0, 0.1) is 23.5 Å². The fourth-order valence-corrected chi connectivity index (χ4v) is 5.34. The van der Waals surface area contributed by atoms with Crippen molar-refractivity contribution in [1.29, 1.82) is 0 Å². The van der Waals surface area contributed by atoms with Crippen LogP contribution in [0.2, 0.25) is 0 Å². The SMILES string of the molecule is C=C(NCc1ccc(F)c(C(F)(F)F)c1)c1cc(C(=C)NC2CCC/C(C)=C(C(=O)NCCCC(N)=O)\C=C/C2C)n2ncc(F)c2n1.CC(C)C. The number of nitrogens with two attached hydrogens (primary N) is 1. The number of allylic oxidation sites excluding steroid dienone is 1. The van der Waals surface area contributed by atoms with Gasteiger partial charge >= 0.3 is 6.18 Å². The van der Waals surface area contributed by atoms with E-state index in [4.69, 9.17) is 5.73 Å². The number of hydrogen-bond donors (Lipinski definition) is 4. The van der Waals surface area contributed by atoms with Crippen LogP contribution in [0.1, 0.15) is 89.2 Å². The van der Waals surface area contributed by atoms with Crippen LogP contribution in [0.3, 0.4) is 0 Å². The van der Waals surface area contributed by atoms with Crippen LogP contribution in [0.5, 0.6) is 0 Å². The average molecular weight is 730 g/mol. The fourth-order valence-electron chi connectivity index (χ4n) is 5.34. The van der Waals surface area contributed by atoms with Crippen molar-refractivity contribution in [2.45, 2.75) is 85.5 Å².